The summed E-state index contributed by atoms with van der Waals surface area (Å²) in [5.41, 5.74) is 0. The van der Waals surface area contributed by atoms with Crippen molar-refractivity contribution in [2.45, 2.75) is 63.6 Å². The van der Waals surface area contributed by atoms with Crippen molar-refractivity contribution in [1.29, 1.82) is 0 Å². The quantitative estimate of drug-likeness (QED) is 0.781. The molecule has 3 aliphatic rings. The van der Waals surface area contributed by atoms with Crippen LogP contribution in [0.1, 0.15) is 45.4 Å². The van der Waals surface area contributed by atoms with Crippen LogP contribution in [0.3, 0.4) is 0 Å². The fraction of sp³-hybridized carbons (Fsp3) is 0.867. The van der Waals surface area contributed by atoms with E-state index in [-0.39, 0.29) is 23.9 Å². The monoisotopic (exact) mass is 296 g/mol. The fourth-order valence-electron chi connectivity index (χ4n) is 3.86. The van der Waals surface area contributed by atoms with Crippen molar-refractivity contribution in [3.63, 3.8) is 0 Å². The number of piperidine rings is 1. The Kier molecular flexibility index (Phi) is 4.24. The SMILES string of the molecule is CCC1C(=O)N2CCCCC2C(=O)N1C1CCSCC1. The van der Waals surface area contributed by atoms with Gasteiger partial charge in [-0.25, -0.2) is 0 Å². The molecule has 2 atom stereocenters. The maximum absolute atomic E-state index is 12.9. The number of carbonyl (C=O) groups is 2. The van der Waals surface area contributed by atoms with Crippen LogP contribution in [0.5, 0.6) is 0 Å². The van der Waals surface area contributed by atoms with Crippen LogP contribution in [-0.4, -0.2) is 57.8 Å². The van der Waals surface area contributed by atoms with E-state index in [9.17, 15) is 9.59 Å². The third-order valence-corrected chi connectivity index (χ3v) is 5.97. The molecular weight excluding hydrogens is 272 g/mol. The Morgan fingerprint density at radius 1 is 1.10 bits per heavy atom. The summed E-state index contributed by atoms with van der Waals surface area (Å²) in [6.07, 6.45) is 5.83. The molecule has 0 aromatic heterocycles. The highest BCUT2D eigenvalue weighted by atomic mass is 32.2. The first kappa shape index (κ1) is 14.2. The highest BCUT2D eigenvalue weighted by Crippen LogP contribution is 2.32. The first-order chi connectivity index (χ1) is 9.74. The first-order valence-corrected chi connectivity index (χ1v) is 9.10. The number of carbonyl (C=O) groups excluding carboxylic acids is 2. The Balaban J connectivity index is 1.86. The second-order valence-electron chi connectivity index (χ2n) is 6.06. The van der Waals surface area contributed by atoms with Crippen LogP contribution in [0, 0.1) is 0 Å². The maximum atomic E-state index is 12.9. The predicted octanol–water partition coefficient (Wildman–Crippen LogP) is 1.88. The Morgan fingerprint density at radius 2 is 1.85 bits per heavy atom. The molecule has 0 aromatic carbocycles. The summed E-state index contributed by atoms with van der Waals surface area (Å²) >= 11 is 1.96. The number of nitrogens with zero attached hydrogens (tertiary/aromatic N) is 2. The van der Waals surface area contributed by atoms with E-state index in [0.29, 0.717) is 6.04 Å². The van der Waals surface area contributed by atoms with Gasteiger partial charge in [0.25, 0.3) is 0 Å². The van der Waals surface area contributed by atoms with Gasteiger partial charge in [-0.05, 0) is 50.0 Å². The summed E-state index contributed by atoms with van der Waals surface area (Å²) in [4.78, 5) is 29.5. The second-order valence-corrected chi connectivity index (χ2v) is 7.28. The van der Waals surface area contributed by atoms with Crippen LogP contribution < -0.4 is 0 Å². The van der Waals surface area contributed by atoms with Gasteiger partial charge < -0.3 is 9.80 Å². The number of hydrogen-bond acceptors (Lipinski definition) is 3. The van der Waals surface area contributed by atoms with Crippen LogP contribution in [0.4, 0.5) is 0 Å². The average Bonchev–Trinajstić information content (AvgIpc) is 2.51. The molecule has 0 spiro atoms. The van der Waals surface area contributed by atoms with Crippen LogP contribution in [0.25, 0.3) is 0 Å². The number of hydrogen-bond donors (Lipinski definition) is 0. The lowest BCUT2D eigenvalue weighted by molar-refractivity contribution is -0.166. The number of rotatable bonds is 2. The van der Waals surface area contributed by atoms with Crippen molar-refractivity contribution in [1.82, 2.24) is 9.80 Å². The molecule has 3 saturated heterocycles. The molecule has 0 bridgehead atoms. The van der Waals surface area contributed by atoms with E-state index >= 15 is 0 Å². The lowest BCUT2D eigenvalue weighted by Gasteiger charge is -2.50. The zero-order valence-corrected chi connectivity index (χ0v) is 13.0. The summed E-state index contributed by atoms with van der Waals surface area (Å²) in [6, 6.07) is -0.0692. The molecular formula is C15H24N2O2S. The van der Waals surface area contributed by atoms with E-state index in [1.54, 1.807) is 0 Å². The number of fused-ring (bicyclic) bond motifs is 1. The molecule has 3 heterocycles. The number of piperazine rings is 1. The van der Waals surface area contributed by atoms with E-state index < -0.39 is 0 Å². The molecule has 112 valence electrons. The molecule has 20 heavy (non-hydrogen) atoms. The molecule has 2 unspecified atom stereocenters. The molecule has 0 aromatic rings. The number of amides is 2. The van der Waals surface area contributed by atoms with Crippen LogP contribution in [0.2, 0.25) is 0 Å². The Morgan fingerprint density at radius 3 is 2.55 bits per heavy atom. The summed E-state index contributed by atoms with van der Waals surface area (Å²) in [6.45, 7) is 2.81. The van der Waals surface area contributed by atoms with E-state index in [4.69, 9.17) is 0 Å². The summed E-state index contributed by atoms with van der Waals surface area (Å²) in [5, 5.41) is 0. The standard InChI is InChI=1S/C15H24N2O2S/c1-2-12-14(18)16-8-4-3-5-13(16)15(19)17(12)11-6-9-20-10-7-11/h11-13H,2-10H2,1H3. The van der Waals surface area contributed by atoms with Crippen molar-refractivity contribution < 1.29 is 9.59 Å². The van der Waals surface area contributed by atoms with Crippen molar-refractivity contribution in [2.24, 2.45) is 0 Å². The normalized spacial score (nSPS) is 32.5. The van der Waals surface area contributed by atoms with E-state index in [1.165, 1.54) is 0 Å². The molecule has 0 saturated carbocycles. The zero-order chi connectivity index (χ0) is 14.1. The van der Waals surface area contributed by atoms with Crippen molar-refractivity contribution >= 4 is 23.6 Å². The Hall–Kier alpha value is -0.710. The Bertz CT molecular complexity index is 395. The van der Waals surface area contributed by atoms with Gasteiger partial charge in [0.2, 0.25) is 11.8 Å². The molecule has 0 aliphatic carbocycles. The molecule has 0 radical (unpaired) electrons. The molecule has 2 amide bonds. The average molecular weight is 296 g/mol. The highest BCUT2D eigenvalue weighted by molar-refractivity contribution is 7.99. The van der Waals surface area contributed by atoms with Crippen molar-refractivity contribution in [2.75, 3.05) is 18.1 Å². The van der Waals surface area contributed by atoms with Crippen molar-refractivity contribution in [3.8, 4) is 0 Å². The van der Waals surface area contributed by atoms with Gasteiger partial charge in [0.1, 0.15) is 12.1 Å². The lowest BCUT2D eigenvalue weighted by Crippen LogP contribution is -2.67. The van der Waals surface area contributed by atoms with Gasteiger partial charge >= 0.3 is 0 Å². The zero-order valence-electron chi connectivity index (χ0n) is 12.2. The summed E-state index contributed by atoms with van der Waals surface area (Å²) < 4.78 is 0. The number of thioether (sulfide) groups is 1. The second kappa shape index (κ2) is 5.96. The van der Waals surface area contributed by atoms with Gasteiger partial charge in [-0.1, -0.05) is 6.92 Å². The van der Waals surface area contributed by atoms with Crippen LogP contribution in [0.15, 0.2) is 0 Å². The molecule has 3 rings (SSSR count). The highest BCUT2D eigenvalue weighted by Gasteiger charge is 2.47. The molecule has 4 nitrogen and oxygen atoms in total. The van der Waals surface area contributed by atoms with Crippen LogP contribution in [-0.2, 0) is 9.59 Å². The molecule has 3 aliphatic heterocycles. The largest absolute Gasteiger partial charge is 0.329 e. The minimum atomic E-state index is -0.204. The molecule has 3 fully saturated rings. The van der Waals surface area contributed by atoms with Crippen molar-refractivity contribution in [3.05, 3.63) is 0 Å². The fourth-order valence-corrected chi connectivity index (χ4v) is 4.94. The maximum Gasteiger partial charge on any atom is 0.246 e. The predicted molar refractivity (Wildman–Crippen MR) is 80.6 cm³/mol. The van der Waals surface area contributed by atoms with Gasteiger partial charge in [-0.3, -0.25) is 9.59 Å². The van der Waals surface area contributed by atoms with E-state index in [2.05, 4.69) is 0 Å². The van der Waals surface area contributed by atoms with E-state index in [0.717, 1.165) is 56.6 Å². The van der Waals surface area contributed by atoms with Gasteiger partial charge in [0, 0.05) is 12.6 Å². The smallest absolute Gasteiger partial charge is 0.246 e. The van der Waals surface area contributed by atoms with Gasteiger partial charge in [-0.2, -0.15) is 11.8 Å². The van der Waals surface area contributed by atoms with Gasteiger partial charge in [0.15, 0.2) is 0 Å². The molecule has 0 N–H and O–H groups in total. The third kappa shape index (κ3) is 2.34. The topological polar surface area (TPSA) is 40.6 Å². The molecule has 5 heteroatoms. The minimum absolute atomic E-state index is 0.159. The van der Waals surface area contributed by atoms with Gasteiger partial charge in [0.05, 0.1) is 0 Å². The first-order valence-electron chi connectivity index (χ1n) is 7.94. The van der Waals surface area contributed by atoms with Gasteiger partial charge in [-0.15, -0.1) is 0 Å². The Labute approximate surface area is 125 Å². The van der Waals surface area contributed by atoms with E-state index in [1.807, 2.05) is 28.5 Å². The summed E-state index contributed by atoms with van der Waals surface area (Å²) in [5.74, 6) is 2.67. The lowest BCUT2D eigenvalue weighted by atomic mass is 9.92. The third-order valence-electron chi connectivity index (χ3n) is 4.92. The minimum Gasteiger partial charge on any atom is -0.329 e. The van der Waals surface area contributed by atoms with Crippen LogP contribution >= 0.6 is 11.8 Å². The summed E-state index contributed by atoms with van der Waals surface area (Å²) in [7, 11) is 0.